The maximum atomic E-state index is 13.6. The average Bonchev–Trinajstić information content (AvgIpc) is 3.20. The number of ketones is 1. The molecule has 0 aliphatic carbocycles. The molecule has 1 aromatic carbocycles. The van der Waals surface area contributed by atoms with Crippen LogP contribution >= 0.6 is 23.2 Å². The lowest BCUT2D eigenvalue weighted by atomic mass is 10.0. The molecule has 1 saturated heterocycles. The SMILES string of the molecule is C#C.C/C=C\C(Cl)=C/CCN1CC(C)N(C(=O)c2cc3c(C(=O)C(=O)NC)cn(N)c3cc2Cl)C[C@@H]1C. The van der Waals surface area contributed by atoms with Crippen LogP contribution in [0.3, 0.4) is 0 Å². The number of nitrogens with one attached hydrogen (secondary N) is 1. The standard InChI is InChI=1S/C25H31Cl2N5O3.C2H2/c1-5-7-17(26)8-6-9-30-12-16(3)31(13-15(30)2)25(35)19-10-18-20(23(33)24(34)29-4)14-32(28)22(18)11-21(19)27;1-2/h5,7-8,10-11,14-16H,6,9,12-13,28H2,1-4H3,(H,29,34);1-2H/b7-5-,17-8+;/t15-,16?;/m0./s1. The van der Waals surface area contributed by atoms with Crippen LogP contribution in [0, 0.1) is 12.8 Å². The van der Waals surface area contributed by atoms with Crippen LogP contribution in [0.2, 0.25) is 5.02 Å². The quantitative estimate of drug-likeness (QED) is 0.181. The number of amides is 2. The highest BCUT2D eigenvalue weighted by molar-refractivity contribution is 6.45. The van der Waals surface area contributed by atoms with Gasteiger partial charge < -0.3 is 16.1 Å². The number of Topliss-reactive ketones (excluding diaryl/α,β-unsaturated/α-hetero) is 1. The van der Waals surface area contributed by atoms with Gasteiger partial charge in [-0.3, -0.25) is 24.0 Å². The summed E-state index contributed by atoms with van der Waals surface area (Å²) in [7, 11) is 1.38. The summed E-state index contributed by atoms with van der Waals surface area (Å²) in [6, 6.07) is 3.20. The lowest BCUT2D eigenvalue weighted by Crippen LogP contribution is -2.58. The van der Waals surface area contributed by atoms with Gasteiger partial charge in [-0.15, -0.1) is 12.8 Å². The zero-order chi connectivity index (χ0) is 27.9. The Morgan fingerprint density at radius 1 is 1.16 bits per heavy atom. The summed E-state index contributed by atoms with van der Waals surface area (Å²) in [5.41, 5.74) is 0.836. The molecule has 37 heavy (non-hydrogen) atoms. The maximum absolute atomic E-state index is 13.6. The normalized spacial score (nSPS) is 18.5. The summed E-state index contributed by atoms with van der Waals surface area (Å²) in [4.78, 5) is 42.2. The van der Waals surface area contributed by atoms with Gasteiger partial charge in [0.05, 0.1) is 21.7 Å². The van der Waals surface area contributed by atoms with Crippen molar-refractivity contribution < 1.29 is 14.4 Å². The van der Waals surface area contributed by atoms with Gasteiger partial charge in [-0.05, 0) is 45.4 Å². The predicted molar refractivity (Wildman–Crippen MR) is 150 cm³/mol. The lowest BCUT2D eigenvalue weighted by molar-refractivity contribution is -0.116. The molecular weight excluding hydrogens is 513 g/mol. The first-order chi connectivity index (χ1) is 17.6. The number of terminal acetylenes is 1. The van der Waals surface area contributed by atoms with Crippen molar-refractivity contribution in [3.05, 3.63) is 57.7 Å². The number of carbonyl (C=O) groups is 3. The van der Waals surface area contributed by atoms with Crippen molar-refractivity contribution >= 4 is 51.7 Å². The van der Waals surface area contributed by atoms with Gasteiger partial charge in [-0.2, -0.15) is 0 Å². The summed E-state index contributed by atoms with van der Waals surface area (Å²) in [5, 5.41) is 3.67. The average molecular weight is 546 g/mol. The minimum Gasteiger partial charge on any atom is -0.352 e. The Hall–Kier alpha value is -3.25. The molecular formula is C27H33Cl2N5O3. The highest BCUT2D eigenvalue weighted by Gasteiger charge is 2.33. The third kappa shape index (κ3) is 6.75. The summed E-state index contributed by atoms with van der Waals surface area (Å²) in [5.74, 6) is 4.26. The molecule has 1 aliphatic heterocycles. The second-order valence-corrected chi connectivity index (χ2v) is 9.58. The first-order valence-electron chi connectivity index (χ1n) is 11.8. The highest BCUT2D eigenvalue weighted by Crippen LogP contribution is 2.30. The van der Waals surface area contributed by atoms with Gasteiger partial charge in [0.1, 0.15) is 0 Å². The number of halogens is 2. The monoisotopic (exact) mass is 545 g/mol. The number of allylic oxidation sites excluding steroid dienone is 3. The molecule has 10 heteroatoms. The summed E-state index contributed by atoms with van der Waals surface area (Å²) < 4.78 is 1.23. The van der Waals surface area contributed by atoms with Crippen molar-refractivity contribution in [3.8, 4) is 12.8 Å². The molecule has 1 fully saturated rings. The van der Waals surface area contributed by atoms with Crippen molar-refractivity contribution in [1.82, 2.24) is 19.8 Å². The number of nitrogens with two attached hydrogens (primary N) is 1. The highest BCUT2D eigenvalue weighted by atomic mass is 35.5. The van der Waals surface area contributed by atoms with E-state index in [0.29, 0.717) is 29.0 Å². The second-order valence-electron chi connectivity index (χ2n) is 8.74. The largest absolute Gasteiger partial charge is 0.352 e. The molecule has 8 nitrogen and oxygen atoms in total. The first kappa shape index (κ1) is 30.0. The minimum absolute atomic E-state index is 0.0495. The van der Waals surface area contributed by atoms with Gasteiger partial charge in [-0.25, -0.2) is 0 Å². The molecule has 1 aliphatic rings. The van der Waals surface area contributed by atoms with Crippen molar-refractivity contribution in [2.24, 2.45) is 0 Å². The Labute approximate surface area is 228 Å². The van der Waals surface area contributed by atoms with E-state index in [1.165, 1.54) is 17.9 Å². The fraction of sp³-hybridized carbons (Fsp3) is 0.370. The second kappa shape index (κ2) is 13.3. The zero-order valence-corrected chi connectivity index (χ0v) is 23.0. The number of piperazine rings is 1. The maximum Gasteiger partial charge on any atom is 0.292 e. The number of rotatable bonds is 7. The molecule has 3 rings (SSSR count). The van der Waals surface area contributed by atoms with E-state index in [1.807, 2.05) is 32.1 Å². The van der Waals surface area contributed by atoms with Crippen molar-refractivity contribution in [3.63, 3.8) is 0 Å². The number of likely N-dealkylation sites (N-methyl/N-ethyl adjacent to an activating group) is 1. The smallest absolute Gasteiger partial charge is 0.292 e. The number of nitrogen functional groups attached to an aromatic ring is 1. The van der Waals surface area contributed by atoms with Crippen LogP contribution < -0.4 is 11.2 Å². The van der Waals surface area contributed by atoms with Gasteiger partial charge in [0.15, 0.2) is 0 Å². The minimum atomic E-state index is -0.763. The topological polar surface area (TPSA) is 101 Å². The lowest BCUT2D eigenvalue weighted by Gasteiger charge is -2.44. The molecule has 0 saturated carbocycles. The van der Waals surface area contributed by atoms with Crippen LogP contribution in [0.25, 0.3) is 10.9 Å². The summed E-state index contributed by atoms with van der Waals surface area (Å²) >= 11 is 12.6. The Bertz CT molecular complexity index is 1250. The molecule has 0 spiro atoms. The van der Waals surface area contributed by atoms with E-state index in [4.69, 9.17) is 29.0 Å². The Morgan fingerprint density at radius 2 is 1.84 bits per heavy atom. The van der Waals surface area contributed by atoms with Gasteiger partial charge in [0.2, 0.25) is 0 Å². The van der Waals surface area contributed by atoms with Crippen LogP contribution in [0.15, 0.2) is 41.6 Å². The number of hydrogen-bond donors (Lipinski definition) is 2. The molecule has 198 valence electrons. The molecule has 0 radical (unpaired) electrons. The number of hydrogen-bond acceptors (Lipinski definition) is 5. The zero-order valence-electron chi connectivity index (χ0n) is 21.5. The Morgan fingerprint density at radius 3 is 2.46 bits per heavy atom. The van der Waals surface area contributed by atoms with Crippen LogP contribution in [0.1, 0.15) is 47.9 Å². The fourth-order valence-corrected chi connectivity index (χ4v) is 4.87. The molecule has 3 N–H and O–H groups in total. The first-order valence-corrected chi connectivity index (χ1v) is 12.6. The number of benzene rings is 1. The van der Waals surface area contributed by atoms with E-state index in [-0.39, 0.29) is 34.1 Å². The van der Waals surface area contributed by atoms with Gasteiger partial charge in [-0.1, -0.05) is 35.4 Å². The van der Waals surface area contributed by atoms with Crippen molar-refractivity contribution in [1.29, 1.82) is 0 Å². The molecule has 0 bridgehead atoms. The molecule has 2 heterocycles. The Balaban J connectivity index is 0.00000235. The van der Waals surface area contributed by atoms with Crippen LogP contribution in [-0.2, 0) is 4.79 Å². The van der Waals surface area contributed by atoms with E-state index in [9.17, 15) is 14.4 Å². The molecule has 2 amide bonds. The van der Waals surface area contributed by atoms with E-state index < -0.39 is 11.7 Å². The number of aromatic nitrogens is 1. The third-order valence-electron chi connectivity index (χ3n) is 6.29. The number of fused-ring (bicyclic) bond motifs is 1. The third-order valence-corrected chi connectivity index (χ3v) is 6.88. The Kier molecular flexibility index (Phi) is 10.8. The molecule has 2 aromatic rings. The fourth-order valence-electron chi connectivity index (χ4n) is 4.39. The van der Waals surface area contributed by atoms with Gasteiger partial charge in [0, 0.05) is 55.4 Å². The molecule has 2 atom stereocenters. The van der Waals surface area contributed by atoms with Crippen molar-refractivity contribution in [2.75, 3.05) is 32.5 Å². The van der Waals surface area contributed by atoms with E-state index in [0.717, 1.165) is 13.0 Å². The number of carbonyl (C=O) groups excluding carboxylic acids is 3. The molecule has 1 aromatic heterocycles. The van der Waals surface area contributed by atoms with E-state index in [1.54, 1.807) is 17.0 Å². The van der Waals surface area contributed by atoms with E-state index >= 15 is 0 Å². The van der Waals surface area contributed by atoms with Gasteiger partial charge in [0.25, 0.3) is 17.6 Å². The summed E-state index contributed by atoms with van der Waals surface area (Å²) in [6.45, 7) is 8.09. The van der Waals surface area contributed by atoms with Crippen LogP contribution in [-0.4, -0.2) is 70.8 Å². The van der Waals surface area contributed by atoms with E-state index in [2.05, 4.69) is 30.0 Å². The number of nitrogens with zero attached hydrogens (tertiary/aromatic N) is 3. The van der Waals surface area contributed by atoms with Gasteiger partial charge >= 0.3 is 0 Å². The molecule has 1 unspecified atom stereocenters. The predicted octanol–water partition coefficient (Wildman–Crippen LogP) is 3.81. The van der Waals surface area contributed by atoms with Crippen LogP contribution in [0.4, 0.5) is 0 Å². The summed E-state index contributed by atoms with van der Waals surface area (Å²) in [6.07, 6.45) is 15.9. The van der Waals surface area contributed by atoms with Crippen molar-refractivity contribution in [2.45, 2.75) is 39.3 Å². The van der Waals surface area contributed by atoms with Crippen LogP contribution in [0.5, 0.6) is 0 Å².